The van der Waals surface area contributed by atoms with Gasteiger partial charge in [-0.15, -0.1) is 0 Å². The van der Waals surface area contributed by atoms with Crippen LogP contribution in [-0.4, -0.2) is 8.07 Å². The standard InChI is InChI=1S/C48H46Si/c1-33-29-42(23-26-45(33)39-17-11-8-12-18-39)49(48(7)32-36(4)37(5)38(48)6,43-24-27-46(34(2)30-43)40-19-13-9-14-20-40)44-25-28-47(35(3)31-44)41-21-15-10-16-22-41/h8-32H,1-7H3. The molecule has 6 aromatic rings. The van der Waals surface area contributed by atoms with Crippen LogP contribution in [0.15, 0.2) is 168 Å². The van der Waals surface area contributed by atoms with E-state index in [0.717, 1.165) is 0 Å². The Hall–Kier alpha value is -4.98. The fourth-order valence-corrected chi connectivity index (χ4v) is 14.9. The molecule has 1 aliphatic rings. The zero-order valence-electron chi connectivity index (χ0n) is 29.9. The molecule has 0 bridgehead atoms. The summed E-state index contributed by atoms with van der Waals surface area (Å²) in [5.41, 5.74) is 15.9. The van der Waals surface area contributed by atoms with Gasteiger partial charge in [0.2, 0.25) is 0 Å². The Morgan fingerprint density at radius 3 is 1.00 bits per heavy atom. The molecule has 0 amide bonds. The number of benzene rings is 6. The van der Waals surface area contributed by atoms with E-state index in [1.165, 1.54) is 82.4 Å². The topological polar surface area (TPSA) is 0 Å². The lowest BCUT2D eigenvalue weighted by Gasteiger charge is -2.47. The third kappa shape index (κ3) is 5.38. The van der Waals surface area contributed by atoms with Crippen molar-refractivity contribution in [3.63, 3.8) is 0 Å². The van der Waals surface area contributed by atoms with Gasteiger partial charge in [0, 0.05) is 5.04 Å². The Bertz CT molecular complexity index is 2010. The van der Waals surface area contributed by atoms with Gasteiger partial charge in [-0.2, -0.15) is 0 Å². The molecule has 1 atom stereocenters. The molecule has 0 fully saturated rings. The molecule has 7 rings (SSSR count). The van der Waals surface area contributed by atoms with E-state index in [9.17, 15) is 0 Å². The summed E-state index contributed by atoms with van der Waals surface area (Å²) in [6, 6.07) is 54.7. The summed E-state index contributed by atoms with van der Waals surface area (Å²) < 4.78 is 0. The molecule has 0 nitrogen and oxygen atoms in total. The van der Waals surface area contributed by atoms with Crippen molar-refractivity contribution in [2.75, 3.05) is 0 Å². The molecule has 49 heavy (non-hydrogen) atoms. The predicted molar refractivity (Wildman–Crippen MR) is 215 cm³/mol. The lowest BCUT2D eigenvalue weighted by atomic mass is 10.0. The van der Waals surface area contributed by atoms with Crippen molar-refractivity contribution in [2.24, 2.45) is 0 Å². The lowest BCUT2D eigenvalue weighted by Crippen LogP contribution is -2.73. The smallest absolute Gasteiger partial charge is 0.0730 e. The fraction of sp³-hybridized carbons (Fsp3) is 0.167. The summed E-state index contributed by atoms with van der Waals surface area (Å²) in [6.45, 7) is 16.4. The second-order valence-electron chi connectivity index (χ2n) is 14.2. The van der Waals surface area contributed by atoms with Crippen molar-refractivity contribution in [1.29, 1.82) is 0 Å². The number of aryl methyl sites for hydroxylation is 3. The van der Waals surface area contributed by atoms with Crippen molar-refractivity contribution in [3.05, 3.63) is 185 Å². The third-order valence-electron chi connectivity index (χ3n) is 11.4. The minimum absolute atomic E-state index is 0.191. The molecule has 0 aromatic heterocycles. The third-order valence-corrected chi connectivity index (χ3v) is 17.1. The van der Waals surface area contributed by atoms with Gasteiger partial charge in [0.1, 0.15) is 0 Å². The van der Waals surface area contributed by atoms with E-state index in [1.807, 2.05) is 0 Å². The van der Waals surface area contributed by atoms with Crippen molar-refractivity contribution in [1.82, 2.24) is 0 Å². The molecule has 1 aliphatic carbocycles. The van der Waals surface area contributed by atoms with Gasteiger partial charge in [-0.25, -0.2) is 0 Å². The minimum atomic E-state index is -2.86. The fourth-order valence-electron chi connectivity index (χ4n) is 8.64. The van der Waals surface area contributed by atoms with Crippen LogP contribution in [0.4, 0.5) is 0 Å². The van der Waals surface area contributed by atoms with Crippen LogP contribution in [0.2, 0.25) is 5.04 Å². The average Bonchev–Trinajstić information content (AvgIpc) is 3.32. The highest BCUT2D eigenvalue weighted by Gasteiger charge is 2.56. The normalized spacial score (nSPS) is 16.2. The van der Waals surface area contributed by atoms with Gasteiger partial charge >= 0.3 is 0 Å². The summed E-state index contributed by atoms with van der Waals surface area (Å²) in [7, 11) is -2.86. The van der Waals surface area contributed by atoms with E-state index in [4.69, 9.17) is 0 Å². The van der Waals surface area contributed by atoms with Gasteiger partial charge in [0.15, 0.2) is 8.07 Å². The minimum Gasteiger partial charge on any atom is -0.0730 e. The first-order chi connectivity index (χ1) is 23.6. The Labute approximate surface area is 294 Å². The Morgan fingerprint density at radius 2 is 0.735 bits per heavy atom. The van der Waals surface area contributed by atoms with Crippen LogP contribution in [0.5, 0.6) is 0 Å². The van der Waals surface area contributed by atoms with Gasteiger partial charge in [-0.1, -0.05) is 170 Å². The van der Waals surface area contributed by atoms with Crippen LogP contribution < -0.4 is 15.6 Å². The molecule has 0 saturated heterocycles. The van der Waals surface area contributed by atoms with Crippen LogP contribution in [-0.2, 0) is 0 Å². The molecular weight excluding hydrogens is 605 g/mol. The van der Waals surface area contributed by atoms with Crippen LogP contribution in [0.3, 0.4) is 0 Å². The van der Waals surface area contributed by atoms with Crippen molar-refractivity contribution < 1.29 is 0 Å². The van der Waals surface area contributed by atoms with Crippen LogP contribution in [0.25, 0.3) is 33.4 Å². The molecule has 0 saturated carbocycles. The molecule has 0 heterocycles. The highest BCUT2D eigenvalue weighted by Crippen LogP contribution is 2.53. The van der Waals surface area contributed by atoms with Crippen molar-refractivity contribution in [2.45, 2.75) is 53.5 Å². The molecule has 242 valence electrons. The molecule has 0 radical (unpaired) electrons. The van der Waals surface area contributed by atoms with E-state index in [2.05, 4.69) is 200 Å². The molecule has 0 spiro atoms. The van der Waals surface area contributed by atoms with Crippen molar-refractivity contribution in [3.8, 4) is 33.4 Å². The van der Waals surface area contributed by atoms with Gasteiger partial charge in [0.25, 0.3) is 0 Å². The lowest BCUT2D eigenvalue weighted by molar-refractivity contribution is 0.870. The number of hydrogen-bond acceptors (Lipinski definition) is 0. The Balaban J connectivity index is 1.57. The molecular formula is C48H46Si. The largest absolute Gasteiger partial charge is 0.161 e. The quantitative estimate of drug-likeness (QED) is 0.119. The second kappa shape index (κ2) is 12.8. The van der Waals surface area contributed by atoms with Crippen LogP contribution in [0.1, 0.15) is 44.4 Å². The summed E-state index contributed by atoms with van der Waals surface area (Å²) in [5.74, 6) is 0. The first-order valence-corrected chi connectivity index (χ1v) is 19.5. The van der Waals surface area contributed by atoms with E-state index in [-0.39, 0.29) is 5.04 Å². The van der Waals surface area contributed by atoms with Gasteiger partial charge in [-0.05, 0) is 113 Å². The maximum Gasteiger partial charge on any atom is 0.161 e. The number of allylic oxidation sites excluding steroid dienone is 4. The zero-order chi connectivity index (χ0) is 34.3. The van der Waals surface area contributed by atoms with Crippen LogP contribution in [0, 0.1) is 20.8 Å². The number of hydrogen-bond donors (Lipinski definition) is 0. The molecule has 0 N–H and O–H groups in total. The maximum atomic E-state index is 2.62. The van der Waals surface area contributed by atoms with E-state index in [0.29, 0.717) is 0 Å². The summed E-state index contributed by atoms with van der Waals surface area (Å²) in [6.07, 6.45) is 2.62. The SMILES string of the molecule is CC1=CC(C)([Si](c2ccc(-c3ccccc3)c(C)c2)(c2ccc(-c3ccccc3)c(C)c2)c2ccc(-c3ccccc3)c(C)c2)C(C)=C1C. The van der Waals surface area contributed by atoms with Gasteiger partial charge in [-0.3, -0.25) is 0 Å². The van der Waals surface area contributed by atoms with Crippen LogP contribution >= 0.6 is 0 Å². The average molecular weight is 651 g/mol. The highest BCUT2D eigenvalue weighted by atomic mass is 28.3. The van der Waals surface area contributed by atoms with E-state index < -0.39 is 8.07 Å². The molecule has 1 heteroatoms. The summed E-state index contributed by atoms with van der Waals surface area (Å²) >= 11 is 0. The monoisotopic (exact) mass is 650 g/mol. The maximum absolute atomic E-state index is 2.86. The Kier molecular flexibility index (Phi) is 8.51. The first kappa shape index (κ1) is 32.6. The highest BCUT2D eigenvalue weighted by molar-refractivity contribution is 7.14. The molecule has 0 aliphatic heterocycles. The number of rotatable bonds is 7. The van der Waals surface area contributed by atoms with E-state index in [1.54, 1.807) is 0 Å². The van der Waals surface area contributed by atoms with Gasteiger partial charge < -0.3 is 0 Å². The molecule has 1 unspecified atom stereocenters. The van der Waals surface area contributed by atoms with Crippen molar-refractivity contribution >= 4 is 23.6 Å². The zero-order valence-corrected chi connectivity index (χ0v) is 30.9. The predicted octanol–water partition coefficient (Wildman–Crippen LogP) is 11.1. The summed E-state index contributed by atoms with van der Waals surface area (Å²) in [4.78, 5) is 0. The Morgan fingerprint density at radius 1 is 0.408 bits per heavy atom. The summed E-state index contributed by atoms with van der Waals surface area (Å²) in [5, 5.41) is 4.15. The van der Waals surface area contributed by atoms with Gasteiger partial charge in [0.05, 0.1) is 0 Å². The van der Waals surface area contributed by atoms with E-state index >= 15 is 0 Å². The second-order valence-corrected chi connectivity index (χ2v) is 18.5. The molecule has 6 aromatic carbocycles. The first-order valence-electron chi connectivity index (χ1n) is 17.5.